The molecule has 6 rings (SSSR count). The predicted molar refractivity (Wildman–Crippen MR) is 130 cm³/mol. The number of Topliss-reactive ketones (excluding diaryl/α,β-unsaturated/α-hetero) is 2. The van der Waals surface area contributed by atoms with Crippen LogP contribution in [0, 0.1) is 56.2 Å². The van der Waals surface area contributed by atoms with Crippen molar-refractivity contribution in [2.75, 3.05) is 0 Å². The molecule has 1 saturated heterocycles. The van der Waals surface area contributed by atoms with E-state index < -0.39 is 5.41 Å². The van der Waals surface area contributed by atoms with Gasteiger partial charge >= 0.3 is 5.97 Å². The van der Waals surface area contributed by atoms with E-state index in [-0.39, 0.29) is 56.6 Å². The minimum Gasteiger partial charge on any atom is -0.461 e. The van der Waals surface area contributed by atoms with Crippen LogP contribution < -0.4 is 0 Å². The van der Waals surface area contributed by atoms with Gasteiger partial charge in [-0.15, -0.1) is 0 Å². The standard InChI is InChI=1S/C30H44O4/c1-25(2)12-14-30-15-13-28(6)17(21(30)23(25)34-24(30)33)8-9-20-27(5)16-18(31)22(32)26(3,4)19(27)10-11-29(20,28)7/h17,19-21,23H,8-16H2,1-7H3/t17?,19?,20?,21?,23?,27-,28+,29+,30?/m0/s1. The molecule has 0 N–H and O–H groups in total. The Balaban J connectivity index is 1.43. The van der Waals surface area contributed by atoms with Crippen molar-refractivity contribution in [3.63, 3.8) is 0 Å². The molecule has 1 aliphatic heterocycles. The fourth-order valence-corrected chi connectivity index (χ4v) is 11.6. The quantitative estimate of drug-likeness (QED) is 0.316. The Morgan fingerprint density at radius 1 is 0.735 bits per heavy atom. The molecule has 2 bridgehead atoms. The van der Waals surface area contributed by atoms with Crippen molar-refractivity contribution in [1.82, 2.24) is 0 Å². The Hall–Kier alpha value is -1.19. The molecule has 4 heteroatoms. The van der Waals surface area contributed by atoms with E-state index in [2.05, 4.69) is 34.6 Å². The Morgan fingerprint density at radius 3 is 2.12 bits per heavy atom. The van der Waals surface area contributed by atoms with Gasteiger partial charge in [0.1, 0.15) is 6.10 Å². The van der Waals surface area contributed by atoms with Gasteiger partial charge in [-0.3, -0.25) is 14.4 Å². The molecule has 4 nitrogen and oxygen atoms in total. The molecule has 0 aromatic heterocycles. The molecule has 0 aromatic carbocycles. The van der Waals surface area contributed by atoms with Gasteiger partial charge in [0.2, 0.25) is 5.78 Å². The molecule has 5 saturated carbocycles. The summed E-state index contributed by atoms with van der Waals surface area (Å²) in [4.78, 5) is 39.2. The molecule has 34 heavy (non-hydrogen) atoms. The lowest BCUT2D eigenvalue weighted by molar-refractivity contribution is -0.238. The van der Waals surface area contributed by atoms with Gasteiger partial charge in [0.15, 0.2) is 5.78 Å². The highest BCUT2D eigenvalue weighted by atomic mass is 16.6. The van der Waals surface area contributed by atoms with Crippen molar-refractivity contribution >= 4 is 17.5 Å². The molecule has 9 atom stereocenters. The zero-order valence-electron chi connectivity index (χ0n) is 22.4. The average molecular weight is 469 g/mol. The normalized spacial score (nSPS) is 54.9. The third kappa shape index (κ3) is 2.36. The van der Waals surface area contributed by atoms with Gasteiger partial charge in [0.25, 0.3) is 0 Å². The van der Waals surface area contributed by atoms with Crippen LogP contribution >= 0.6 is 0 Å². The Morgan fingerprint density at radius 2 is 1.41 bits per heavy atom. The predicted octanol–water partition coefficient (Wildman–Crippen LogP) is 6.15. The van der Waals surface area contributed by atoms with Crippen molar-refractivity contribution < 1.29 is 19.1 Å². The summed E-state index contributed by atoms with van der Waals surface area (Å²) in [5, 5.41) is 0. The molecular weight excluding hydrogens is 424 g/mol. The molecule has 6 aliphatic rings. The van der Waals surface area contributed by atoms with Crippen LogP contribution in [0.1, 0.15) is 106 Å². The van der Waals surface area contributed by atoms with E-state index in [1.807, 2.05) is 13.8 Å². The van der Waals surface area contributed by atoms with E-state index in [0.717, 1.165) is 51.4 Å². The Bertz CT molecular complexity index is 994. The minimum atomic E-state index is -0.563. The van der Waals surface area contributed by atoms with Crippen molar-refractivity contribution in [3.05, 3.63) is 0 Å². The van der Waals surface area contributed by atoms with Crippen LogP contribution in [0.3, 0.4) is 0 Å². The highest BCUT2D eigenvalue weighted by molar-refractivity contribution is 6.39. The maximum Gasteiger partial charge on any atom is 0.312 e. The largest absolute Gasteiger partial charge is 0.461 e. The first-order valence-electron chi connectivity index (χ1n) is 13.9. The monoisotopic (exact) mass is 468 g/mol. The average Bonchev–Trinajstić information content (AvgIpc) is 3.00. The molecule has 0 radical (unpaired) electrons. The lowest BCUT2D eigenvalue weighted by Gasteiger charge is -2.72. The molecule has 6 fully saturated rings. The number of esters is 1. The van der Waals surface area contributed by atoms with Crippen LogP contribution in [0.25, 0.3) is 0 Å². The molecule has 6 unspecified atom stereocenters. The Kier molecular flexibility index (Phi) is 4.36. The second-order valence-electron chi connectivity index (χ2n) is 15.3. The number of carbonyl (C=O) groups excluding carboxylic acids is 3. The van der Waals surface area contributed by atoms with E-state index in [4.69, 9.17) is 4.74 Å². The highest BCUT2D eigenvalue weighted by Crippen LogP contribution is 2.77. The van der Waals surface area contributed by atoms with Gasteiger partial charge in [0, 0.05) is 23.2 Å². The number of rotatable bonds is 0. The molecular formula is C30H44O4. The summed E-state index contributed by atoms with van der Waals surface area (Å²) in [5.41, 5.74) is -0.658. The second-order valence-corrected chi connectivity index (χ2v) is 15.3. The van der Waals surface area contributed by atoms with Gasteiger partial charge in [-0.1, -0.05) is 48.5 Å². The summed E-state index contributed by atoms with van der Waals surface area (Å²) >= 11 is 0. The van der Waals surface area contributed by atoms with Gasteiger partial charge < -0.3 is 4.74 Å². The SMILES string of the molecule is CC1(C)CCC23CC[C@]4(C)C(CCC5[C@@]6(C)CC(=O)C(=O)C(C)(C)C6CC[C@]54C)C2C1OC3=O. The van der Waals surface area contributed by atoms with Crippen LogP contribution in [-0.4, -0.2) is 23.6 Å². The first-order valence-corrected chi connectivity index (χ1v) is 13.9. The van der Waals surface area contributed by atoms with Crippen LogP contribution in [0.15, 0.2) is 0 Å². The number of ether oxygens (including phenoxy) is 1. The maximum absolute atomic E-state index is 13.3. The summed E-state index contributed by atoms with van der Waals surface area (Å²) in [6.07, 6.45) is 8.94. The molecule has 0 spiro atoms. The number of carbonyl (C=O) groups is 3. The Labute approximate surface area is 205 Å². The molecule has 188 valence electrons. The van der Waals surface area contributed by atoms with E-state index in [1.54, 1.807) is 0 Å². The number of hydrogen-bond acceptors (Lipinski definition) is 4. The zero-order chi connectivity index (χ0) is 24.7. The minimum absolute atomic E-state index is 0.0401. The lowest BCUT2D eigenvalue weighted by atomic mass is 9.31. The fraction of sp³-hybridized carbons (Fsp3) is 0.900. The molecule has 5 aliphatic carbocycles. The number of hydrogen-bond donors (Lipinski definition) is 0. The van der Waals surface area contributed by atoms with Crippen LogP contribution in [0.4, 0.5) is 0 Å². The molecule has 0 amide bonds. The smallest absolute Gasteiger partial charge is 0.312 e. The van der Waals surface area contributed by atoms with Gasteiger partial charge in [0.05, 0.1) is 5.41 Å². The zero-order valence-corrected chi connectivity index (χ0v) is 22.4. The molecule has 0 aromatic rings. The van der Waals surface area contributed by atoms with E-state index in [1.165, 1.54) is 0 Å². The topological polar surface area (TPSA) is 60.4 Å². The summed E-state index contributed by atoms with van der Waals surface area (Å²) in [6, 6.07) is 0. The summed E-state index contributed by atoms with van der Waals surface area (Å²) in [5.74, 6) is 1.34. The third-order valence-corrected chi connectivity index (χ3v) is 13.6. The summed E-state index contributed by atoms with van der Waals surface area (Å²) in [7, 11) is 0. The highest BCUT2D eigenvalue weighted by Gasteiger charge is 2.75. The summed E-state index contributed by atoms with van der Waals surface area (Å²) in [6.45, 7) is 16.1. The van der Waals surface area contributed by atoms with Crippen molar-refractivity contribution in [2.24, 2.45) is 56.2 Å². The van der Waals surface area contributed by atoms with Crippen molar-refractivity contribution in [1.29, 1.82) is 0 Å². The van der Waals surface area contributed by atoms with Crippen molar-refractivity contribution in [3.8, 4) is 0 Å². The fourth-order valence-electron chi connectivity index (χ4n) is 11.6. The van der Waals surface area contributed by atoms with Gasteiger partial charge in [-0.25, -0.2) is 0 Å². The third-order valence-electron chi connectivity index (χ3n) is 13.6. The maximum atomic E-state index is 13.3. The van der Waals surface area contributed by atoms with E-state index >= 15 is 0 Å². The van der Waals surface area contributed by atoms with Gasteiger partial charge in [-0.2, -0.15) is 0 Å². The number of ketones is 2. The first-order chi connectivity index (χ1) is 15.7. The first kappa shape index (κ1) is 23.2. The van der Waals surface area contributed by atoms with Crippen molar-refractivity contribution in [2.45, 2.75) is 112 Å². The summed E-state index contributed by atoms with van der Waals surface area (Å²) < 4.78 is 6.24. The van der Waals surface area contributed by atoms with E-state index in [9.17, 15) is 14.4 Å². The van der Waals surface area contributed by atoms with Gasteiger partial charge in [-0.05, 0) is 85.4 Å². The van der Waals surface area contributed by atoms with E-state index in [0.29, 0.717) is 24.2 Å². The van der Waals surface area contributed by atoms with Crippen LogP contribution in [0.5, 0.6) is 0 Å². The van der Waals surface area contributed by atoms with Crippen LogP contribution in [0.2, 0.25) is 0 Å². The molecule has 1 heterocycles. The van der Waals surface area contributed by atoms with Crippen LogP contribution in [-0.2, 0) is 19.1 Å². The lowest BCUT2D eigenvalue weighted by Crippen LogP contribution is -2.68. The second kappa shape index (κ2) is 6.38. The number of fused-ring (bicyclic) bond motifs is 5.